The van der Waals surface area contributed by atoms with Gasteiger partial charge < -0.3 is 0 Å². The third-order valence-corrected chi connectivity index (χ3v) is 7.02. The Labute approximate surface area is 198 Å². The van der Waals surface area contributed by atoms with Gasteiger partial charge in [-0.25, -0.2) is 0 Å². The van der Waals surface area contributed by atoms with Crippen LogP contribution in [0.25, 0.3) is 66.1 Å². The van der Waals surface area contributed by atoms with Gasteiger partial charge in [0.25, 0.3) is 0 Å². The first-order valence-corrected chi connectivity index (χ1v) is 11.5. The second kappa shape index (κ2) is 7.17. The maximum absolute atomic E-state index is 9.23. The zero-order valence-corrected chi connectivity index (χ0v) is 18.4. The Hall–Kier alpha value is -4.67. The molecule has 0 saturated heterocycles. The van der Waals surface area contributed by atoms with Crippen molar-refractivity contribution in [3.63, 3.8) is 0 Å². The molecule has 0 amide bonds. The van der Waals surface area contributed by atoms with Crippen LogP contribution in [0.2, 0.25) is 0 Å². The van der Waals surface area contributed by atoms with Gasteiger partial charge in [0, 0.05) is 0 Å². The second-order valence-corrected chi connectivity index (χ2v) is 8.90. The van der Waals surface area contributed by atoms with E-state index in [2.05, 4.69) is 103 Å². The van der Waals surface area contributed by atoms with E-state index in [9.17, 15) is 5.26 Å². The molecule has 0 spiro atoms. The van der Waals surface area contributed by atoms with Crippen molar-refractivity contribution in [2.75, 3.05) is 0 Å². The molecular weight excluding hydrogens is 410 g/mol. The van der Waals surface area contributed by atoms with Crippen LogP contribution in [0.5, 0.6) is 0 Å². The van der Waals surface area contributed by atoms with Crippen molar-refractivity contribution in [3.8, 4) is 50.6 Å². The van der Waals surface area contributed by atoms with Gasteiger partial charge in [0.15, 0.2) is 0 Å². The molecule has 0 heterocycles. The highest BCUT2D eigenvalue weighted by atomic mass is 14.3. The largest absolute Gasteiger partial charge is 0.192 e. The molecule has 34 heavy (non-hydrogen) atoms. The fourth-order valence-corrected chi connectivity index (χ4v) is 5.42. The van der Waals surface area contributed by atoms with E-state index in [0.29, 0.717) is 5.56 Å². The molecule has 156 valence electrons. The monoisotopic (exact) mass is 429 g/mol. The van der Waals surface area contributed by atoms with Gasteiger partial charge in [-0.15, -0.1) is 0 Å². The van der Waals surface area contributed by atoms with E-state index in [4.69, 9.17) is 0 Å². The molecule has 0 aliphatic heterocycles. The summed E-state index contributed by atoms with van der Waals surface area (Å²) < 4.78 is 0. The van der Waals surface area contributed by atoms with Crippen LogP contribution in [0, 0.1) is 11.3 Å². The Balaban J connectivity index is 1.37. The molecule has 6 aromatic carbocycles. The lowest BCUT2D eigenvalue weighted by atomic mass is 9.92. The van der Waals surface area contributed by atoms with Crippen LogP contribution < -0.4 is 0 Å². The predicted octanol–water partition coefficient (Wildman–Crippen LogP) is 8.85. The van der Waals surface area contributed by atoms with Gasteiger partial charge in [0.05, 0.1) is 11.6 Å². The maximum atomic E-state index is 9.23. The highest BCUT2D eigenvalue weighted by molar-refractivity contribution is 6.18. The fraction of sp³-hybridized carbons (Fsp3) is 0. The molecule has 0 radical (unpaired) electrons. The quantitative estimate of drug-likeness (QED) is 0.269. The molecule has 6 aromatic rings. The summed E-state index contributed by atoms with van der Waals surface area (Å²) in [4.78, 5) is 0. The summed E-state index contributed by atoms with van der Waals surface area (Å²) in [6.07, 6.45) is 0. The van der Waals surface area contributed by atoms with E-state index in [0.717, 1.165) is 11.1 Å². The Kier molecular flexibility index (Phi) is 3.98. The van der Waals surface area contributed by atoms with Crippen molar-refractivity contribution in [2.24, 2.45) is 0 Å². The molecule has 0 atom stereocenters. The molecule has 0 bridgehead atoms. The molecule has 0 saturated carbocycles. The molecule has 0 aromatic heterocycles. The smallest absolute Gasteiger partial charge is 0.0991 e. The zero-order chi connectivity index (χ0) is 22.6. The number of benzene rings is 6. The minimum Gasteiger partial charge on any atom is -0.192 e. The molecule has 7 rings (SSSR count). The summed E-state index contributed by atoms with van der Waals surface area (Å²) >= 11 is 0. The first kappa shape index (κ1) is 18.9. The van der Waals surface area contributed by atoms with Crippen LogP contribution in [-0.2, 0) is 0 Å². The number of nitrogens with zero attached hydrogens (tertiary/aromatic N) is 1. The van der Waals surface area contributed by atoms with Crippen LogP contribution >= 0.6 is 0 Å². The lowest BCUT2D eigenvalue weighted by molar-refractivity contribution is 1.48. The van der Waals surface area contributed by atoms with E-state index in [-0.39, 0.29) is 0 Å². The topological polar surface area (TPSA) is 23.8 Å². The summed E-state index contributed by atoms with van der Waals surface area (Å²) in [5, 5.41) is 14.3. The van der Waals surface area contributed by atoms with Crippen molar-refractivity contribution >= 4 is 21.5 Å². The first-order chi connectivity index (χ1) is 16.8. The minimum atomic E-state index is 0.683. The number of nitriles is 1. The zero-order valence-electron chi connectivity index (χ0n) is 18.4. The minimum absolute atomic E-state index is 0.683. The van der Waals surface area contributed by atoms with Gasteiger partial charge >= 0.3 is 0 Å². The number of hydrogen-bond acceptors (Lipinski definition) is 1. The van der Waals surface area contributed by atoms with E-state index in [1.165, 1.54) is 54.9 Å². The van der Waals surface area contributed by atoms with E-state index >= 15 is 0 Å². The van der Waals surface area contributed by atoms with E-state index in [1.807, 2.05) is 18.2 Å². The van der Waals surface area contributed by atoms with Crippen LogP contribution in [0.4, 0.5) is 0 Å². The van der Waals surface area contributed by atoms with Gasteiger partial charge in [-0.05, 0) is 90.3 Å². The third kappa shape index (κ3) is 2.73. The number of hydrogen-bond donors (Lipinski definition) is 0. The Bertz CT molecular complexity index is 1790. The first-order valence-electron chi connectivity index (χ1n) is 11.5. The lowest BCUT2D eigenvalue weighted by Crippen LogP contribution is -1.85. The summed E-state index contributed by atoms with van der Waals surface area (Å²) in [7, 11) is 0. The second-order valence-electron chi connectivity index (χ2n) is 8.90. The van der Waals surface area contributed by atoms with E-state index < -0.39 is 0 Å². The van der Waals surface area contributed by atoms with Crippen molar-refractivity contribution < 1.29 is 0 Å². The van der Waals surface area contributed by atoms with Crippen molar-refractivity contribution in [1.82, 2.24) is 0 Å². The normalized spacial score (nSPS) is 11.5. The van der Waals surface area contributed by atoms with Crippen LogP contribution in [0.15, 0.2) is 115 Å². The molecule has 1 heteroatoms. The highest BCUT2D eigenvalue weighted by Gasteiger charge is 2.22. The van der Waals surface area contributed by atoms with Crippen LogP contribution in [0.3, 0.4) is 0 Å². The standard InChI is InChI=1S/C33H19N/c34-20-21-5-3-6-22(17-21)23-11-12-25-19-26(14-13-24(25)18-23)27-15-16-32-29-8-2-1-7-28(29)31-10-4-9-30(27)33(31)32/h1-19H. The van der Waals surface area contributed by atoms with Crippen LogP contribution in [0.1, 0.15) is 5.56 Å². The van der Waals surface area contributed by atoms with Gasteiger partial charge in [-0.2, -0.15) is 5.26 Å². The molecule has 1 aliphatic carbocycles. The highest BCUT2D eigenvalue weighted by Crippen LogP contribution is 2.49. The van der Waals surface area contributed by atoms with Gasteiger partial charge in [0.2, 0.25) is 0 Å². The molecular formula is C33H19N. The summed E-state index contributed by atoms with van der Waals surface area (Å²) in [6.45, 7) is 0. The van der Waals surface area contributed by atoms with Crippen molar-refractivity contribution in [3.05, 3.63) is 121 Å². The summed E-state index contributed by atoms with van der Waals surface area (Å²) in [5.74, 6) is 0. The average molecular weight is 430 g/mol. The molecule has 0 unspecified atom stereocenters. The SMILES string of the molecule is N#Cc1cccc(-c2ccc3cc(-c4ccc5c6c(cccc46)-c4ccccc4-5)ccc3c2)c1. The van der Waals surface area contributed by atoms with Crippen molar-refractivity contribution in [1.29, 1.82) is 5.26 Å². The maximum Gasteiger partial charge on any atom is 0.0991 e. The molecule has 0 fully saturated rings. The van der Waals surface area contributed by atoms with Crippen molar-refractivity contribution in [2.45, 2.75) is 0 Å². The van der Waals surface area contributed by atoms with E-state index in [1.54, 1.807) is 0 Å². The van der Waals surface area contributed by atoms with Gasteiger partial charge in [-0.1, -0.05) is 91.0 Å². The average Bonchev–Trinajstić information content (AvgIpc) is 3.24. The van der Waals surface area contributed by atoms with Gasteiger partial charge in [-0.3, -0.25) is 0 Å². The lowest BCUT2D eigenvalue weighted by Gasteiger charge is -2.11. The fourth-order valence-electron chi connectivity index (χ4n) is 5.42. The number of rotatable bonds is 2. The van der Waals surface area contributed by atoms with Gasteiger partial charge in [0.1, 0.15) is 0 Å². The number of fused-ring (bicyclic) bond motifs is 4. The van der Waals surface area contributed by atoms with Crippen LogP contribution in [-0.4, -0.2) is 0 Å². The Morgan fingerprint density at radius 1 is 0.441 bits per heavy atom. The summed E-state index contributed by atoms with van der Waals surface area (Å²) in [5.41, 5.74) is 10.7. The molecule has 1 aliphatic rings. The summed E-state index contributed by atoms with van der Waals surface area (Å²) in [6, 6.07) is 43.2. The molecule has 1 nitrogen and oxygen atoms in total. The predicted molar refractivity (Wildman–Crippen MR) is 141 cm³/mol. The Morgan fingerprint density at radius 3 is 1.85 bits per heavy atom. The third-order valence-electron chi connectivity index (χ3n) is 7.02. The Morgan fingerprint density at radius 2 is 1.06 bits per heavy atom. The molecule has 0 N–H and O–H groups in total.